The fourth-order valence-electron chi connectivity index (χ4n) is 3.88. The van der Waals surface area contributed by atoms with Crippen molar-refractivity contribution in [1.29, 1.82) is 0 Å². The van der Waals surface area contributed by atoms with Crippen LogP contribution in [0.4, 0.5) is 11.5 Å². The summed E-state index contributed by atoms with van der Waals surface area (Å²) < 4.78 is 32.9. The summed E-state index contributed by atoms with van der Waals surface area (Å²) in [6.45, 7) is 3.65. The van der Waals surface area contributed by atoms with Gasteiger partial charge in [0.25, 0.3) is 0 Å². The Kier molecular flexibility index (Phi) is 7.62. The van der Waals surface area contributed by atoms with Crippen molar-refractivity contribution in [2.75, 3.05) is 43.5 Å². The summed E-state index contributed by atoms with van der Waals surface area (Å²) in [5, 5.41) is 11.5. The highest BCUT2D eigenvalue weighted by atomic mass is 32.2. The molecule has 9 nitrogen and oxygen atoms in total. The van der Waals surface area contributed by atoms with Gasteiger partial charge in [0, 0.05) is 43.9 Å². The van der Waals surface area contributed by atoms with Gasteiger partial charge in [-0.1, -0.05) is 6.92 Å². The molecule has 4 rings (SSSR count). The third-order valence-corrected chi connectivity index (χ3v) is 7.76. The third kappa shape index (κ3) is 5.77. The SMILES string of the molecule is CCCC(=O)Nc1ccc(S(=O)(=O)N2CCN(c3ccc(-c4ccc(OC)cc4)nn3)CC2)cc1. The van der Waals surface area contributed by atoms with Crippen molar-refractivity contribution < 1.29 is 17.9 Å². The van der Waals surface area contributed by atoms with Gasteiger partial charge in [-0.25, -0.2) is 8.42 Å². The fourth-order valence-corrected chi connectivity index (χ4v) is 5.30. The topological polar surface area (TPSA) is 105 Å². The summed E-state index contributed by atoms with van der Waals surface area (Å²) in [6.07, 6.45) is 1.18. The molecule has 1 fully saturated rings. The molecule has 0 bridgehead atoms. The van der Waals surface area contributed by atoms with Gasteiger partial charge in [-0.15, -0.1) is 10.2 Å². The molecule has 1 N–H and O–H groups in total. The quantitative estimate of drug-likeness (QED) is 0.511. The zero-order valence-corrected chi connectivity index (χ0v) is 20.7. The second-order valence-corrected chi connectivity index (χ2v) is 10.2. The van der Waals surface area contributed by atoms with Gasteiger partial charge in [-0.3, -0.25) is 4.79 Å². The van der Waals surface area contributed by atoms with E-state index < -0.39 is 10.0 Å². The van der Waals surface area contributed by atoms with Crippen LogP contribution < -0.4 is 15.0 Å². The Balaban J connectivity index is 1.36. The largest absolute Gasteiger partial charge is 0.497 e. The van der Waals surface area contributed by atoms with Crippen LogP contribution >= 0.6 is 0 Å². The molecule has 1 aromatic heterocycles. The maximum Gasteiger partial charge on any atom is 0.243 e. The third-order valence-electron chi connectivity index (χ3n) is 5.85. The number of anilines is 2. The van der Waals surface area contributed by atoms with Crippen molar-refractivity contribution >= 4 is 27.4 Å². The van der Waals surface area contributed by atoms with Crippen LogP contribution in [-0.4, -0.2) is 62.1 Å². The summed E-state index contributed by atoms with van der Waals surface area (Å²) in [6, 6.07) is 17.7. The second-order valence-electron chi connectivity index (χ2n) is 8.22. The number of carbonyl (C=O) groups is 1. The molecule has 1 aliphatic heterocycles. The first-order valence-electron chi connectivity index (χ1n) is 11.5. The lowest BCUT2D eigenvalue weighted by Crippen LogP contribution is -2.49. The summed E-state index contributed by atoms with van der Waals surface area (Å²) >= 11 is 0. The van der Waals surface area contributed by atoms with Crippen LogP contribution in [0, 0.1) is 0 Å². The zero-order valence-electron chi connectivity index (χ0n) is 19.8. The molecule has 0 spiro atoms. The van der Waals surface area contributed by atoms with E-state index in [4.69, 9.17) is 4.74 Å². The number of carbonyl (C=O) groups excluding carboxylic acids is 1. The van der Waals surface area contributed by atoms with E-state index in [1.807, 2.05) is 48.2 Å². The number of benzene rings is 2. The van der Waals surface area contributed by atoms with Crippen molar-refractivity contribution in [2.24, 2.45) is 0 Å². The number of piperazine rings is 1. The number of nitrogens with one attached hydrogen (secondary N) is 1. The van der Waals surface area contributed by atoms with E-state index in [1.165, 1.54) is 16.4 Å². The van der Waals surface area contributed by atoms with Crippen molar-refractivity contribution in [2.45, 2.75) is 24.7 Å². The molecular weight excluding hydrogens is 466 g/mol. The number of methoxy groups -OCH3 is 1. The molecular formula is C25H29N5O4S. The van der Waals surface area contributed by atoms with Crippen LogP contribution in [-0.2, 0) is 14.8 Å². The lowest BCUT2D eigenvalue weighted by Gasteiger charge is -2.34. The Hall–Kier alpha value is -3.50. The number of amides is 1. The number of nitrogens with zero attached hydrogens (tertiary/aromatic N) is 4. The van der Waals surface area contributed by atoms with Crippen LogP contribution in [0.15, 0.2) is 65.6 Å². The average Bonchev–Trinajstić information content (AvgIpc) is 2.89. The monoisotopic (exact) mass is 495 g/mol. The van der Waals surface area contributed by atoms with E-state index in [2.05, 4.69) is 15.5 Å². The smallest absolute Gasteiger partial charge is 0.243 e. The minimum absolute atomic E-state index is 0.0839. The Morgan fingerprint density at radius 3 is 2.20 bits per heavy atom. The van der Waals surface area contributed by atoms with E-state index in [9.17, 15) is 13.2 Å². The summed E-state index contributed by atoms with van der Waals surface area (Å²) in [5.74, 6) is 1.41. The van der Waals surface area contributed by atoms with Crippen molar-refractivity contribution in [3.05, 3.63) is 60.7 Å². The molecule has 0 unspecified atom stereocenters. The van der Waals surface area contributed by atoms with Crippen LogP contribution in [0.1, 0.15) is 19.8 Å². The molecule has 35 heavy (non-hydrogen) atoms. The molecule has 1 aliphatic rings. The lowest BCUT2D eigenvalue weighted by molar-refractivity contribution is -0.116. The fraction of sp³-hybridized carbons (Fsp3) is 0.320. The summed E-state index contributed by atoms with van der Waals surface area (Å²) in [7, 11) is -2.00. The van der Waals surface area contributed by atoms with Gasteiger partial charge in [0.1, 0.15) is 5.75 Å². The van der Waals surface area contributed by atoms with E-state index in [0.717, 1.165) is 23.4 Å². The molecule has 0 radical (unpaired) electrons. The first-order valence-corrected chi connectivity index (χ1v) is 13.0. The van der Waals surface area contributed by atoms with Gasteiger partial charge in [0.15, 0.2) is 5.82 Å². The Morgan fingerprint density at radius 2 is 1.63 bits per heavy atom. The highest BCUT2D eigenvalue weighted by Crippen LogP contribution is 2.24. The normalized spacial score (nSPS) is 14.5. The molecule has 1 saturated heterocycles. The molecule has 2 aromatic carbocycles. The van der Waals surface area contributed by atoms with Crippen LogP contribution in [0.5, 0.6) is 5.75 Å². The number of rotatable bonds is 8. The number of hydrogen-bond acceptors (Lipinski definition) is 7. The van der Waals surface area contributed by atoms with Gasteiger partial charge in [-0.2, -0.15) is 4.31 Å². The standard InChI is InChI=1S/C25H29N5O4S/c1-3-4-25(31)26-20-7-11-22(12-8-20)35(32,33)30-17-15-29(16-18-30)24-14-13-23(27-28-24)19-5-9-21(34-2)10-6-19/h5-14H,3-4,15-18H2,1-2H3,(H,26,31). The van der Waals surface area contributed by atoms with E-state index >= 15 is 0 Å². The van der Waals surface area contributed by atoms with Crippen molar-refractivity contribution in [1.82, 2.24) is 14.5 Å². The first-order chi connectivity index (χ1) is 16.9. The van der Waals surface area contributed by atoms with Crippen LogP contribution in [0.2, 0.25) is 0 Å². The van der Waals surface area contributed by atoms with Gasteiger partial charge < -0.3 is 15.0 Å². The number of hydrogen-bond donors (Lipinski definition) is 1. The molecule has 3 aromatic rings. The van der Waals surface area contributed by atoms with E-state index in [1.54, 1.807) is 19.2 Å². The zero-order chi connectivity index (χ0) is 24.8. The van der Waals surface area contributed by atoms with Gasteiger partial charge in [-0.05, 0) is 67.1 Å². The van der Waals surface area contributed by atoms with Gasteiger partial charge in [0.2, 0.25) is 15.9 Å². The first kappa shape index (κ1) is 24.6. The predicted molar refractivity (Wildman–Crippen MR) is 135 cm³/mol. The molecule has 0 aliphatic carbocycles. The second kappa shape index (κ2) is 10.8. The average molecular weight is 496 g/mol. The van der Waals surface area contributed by atoms with Crippen LogP contribution in [0.3, 0.4) is 0 Å². The highest BCUT2D eigenvalue weighted by molar-refractivity contribution is 7.89. The predicted octanol–water partition coefficient (Wildman–Crippen LogP) is 3.40. The van der Waals surface area contributed by atoms with E-state index in [0.29, 0.717) is 44.1 Å². The van der Waals surface area contributed by atoms with Crippen molar-refractivity contribution in [3.63, 3.8) is 0 Å². The Morgan fingerprint density at radius 1 is 0.943 bits per heavy atom. The minimum atomic E-state index is -3.62. The maximum atomic E-state index is 13.1. The molecule has 184 valence electrons. The minimum Gasteiger partial charge on any atom is -0.497 e. The van der Waals surface area contributed by atoms with Crippen molar-refractivity contribution in [3.8, 4) is 17.0 Å². The highest BCUT2D eigenvalue weighted by Gasteiger charge is 2.29. The number of aromatic nitrogens is 2. The van der Waals surface area contributed by atoms with Crippen LogP contribution in [0.25, 0.3) is 11.3 Å². The summed E-state index contributed by atoms with van der Waals surface area (Å²) in [5.41, 5.74) is 2.28. The molecule has 2 heterocycles. The number of sulfonamides is 1. The molecule has 1 amide bonds. The maximum absolute atomic E-state index is 13.1. The molecule has 0 atom stereocenters. The van der Waals surface area contributed by atoms with E-state index in [-0.39, 0.29) is 10.8 Å². The van der Waals surface area contributed by atoms with Gasteiger partial charge >= 0.3 is 0 Å². The Bertz CT molecular complexity index is 1240. The Labute approximate surface area is 205 Å². The summed E-state index contributed by atoms with van der Waals surface area (Å²) in [4.78, 5) is 14.0. The molecule has 0 saturated carbocycles. The van der Waals surface area contributed by atoms with Gasteiger partial charge in [0.05, 0.1) is 17.7 Å². The molecule has 10 heteroatoms. The number of ether oxygens (including phenoxy) is 1. The lowest BCUT2D eigenvalue weighted by atomic mass is 10.1.